The summed E-state index contributed by atoms with van der Waals surface area (Å²) in [4.78, 5) is 15.2. The van der Waals surface area contributed by atoms with Crippen molar-refractivity contribution in [2.45, 2.75) is 26.3 Å². The molecule has 0 spiro atoms. The highest BCUT2D eigenvalue weighted by atomic mass is 32.2. The summed E-state index contributed by atoms with van der Waals surface area (Å²) in [5, 5.41) is 12.2. The highest BCUT2D eigenvalue weighted by Crippen LogP contribution is 2.13. The van der Waals surface area contributed by atoms with E-state index >= 15 is 0 Å². The van der Waals surface area contributed by atoms with Gasteiger partial charge in [0.2, 0.25) is 0 Å². The van der Waals surface area contributed by atoms with Crippen molar-refractivity contribution in [3.63, 3.8) is 0 Å². The normalized spacial score (nSPS) is 12.2. The van der Waals surface area contributed by atoms with Crippen molar-refractivity contribution in [2.24, 2.45) is 0 Å². The van der Waals surface area contributed by atoms with Crippen LogP contribution in [0.1, 0.15) is 29.4 Å². The Morgan fingerprint density at radius 1 is 1.59 bits per heavy atom. The van der Waals surface area contributed by atoms with Crippen LogP contribution in [0.15, 0.2) is 12.1 Å². The quantitative estimate of drug-likeness (QED) is 0.817. The lowest BCUT2D eigenvalue weighted by atomic mass is 10.2. The van der Waals surface area contributed by atoms with E-state index < -0.39 is 5.97 Å². The Labute approximate surface area is 106 Å². The Balaban J connectivity index is 2.86. The summed E-state index contributed by atoms with van der Waals surface area (Å²) < 4.78 is 0. The van der Waals surface area contributed by atoms with Crippen LogP contribution in [0.2, 0.25) is 0 Å². The summed E-state index contributed by atoms with van der Waals surface area (Å²) in [5.74, 6) is 0.703. The van der Waals surface area contributed by atoms with Crippen molar-refractivity contribution in [1.29, 1.82) is 0 Å². The molecule has 0 fully saturated rings. The van der Waals surface area contributed by atoms with Crippen LogP contribution >= 0.6 is 11.8 Å². The maximum absolute atomic E-state index is 10.9. The molecule has 0 saturated carbocycles. The van der Waals surface area contributed by atoms with Gasteiger partial charge in [0.1, 0.15) is 5.82 Å². The Kier molecular flexibility index (Phi) is 5.28. The van der Waals surface area contributed by atoms with Crippen molar-refractivity contribution < 1.29 is 9.90 Å². The fourth-order valence-corrected chi connectivity index (χ4v) is 2.26. The zero-order valence-corrected chi connectivity index (χ0v) is 11.2. The molecule has 0 aliphatic carbocycles. The fraction of sp³-hybridized carbons (Fsp3) is 0.500. The number of carboxylic acid groups (broad SMARTS) is 1. The second-order valence-corrected chi connectivity index (χ2v) is 4.80. The number of anilines is 1. The standard InChI is InChI=1S/C12H18N2O2S/c1-4-10(7-17-3)14-11-6-9(12(15)16)5-8(2)13-11/h5-6,10H,4,7H2,1-3H3,(H,13,14)(H,15,16). The highest BCUT2D eigenvalue weighted by Gasteiger charge is 2.10. The first kappa shape index (κ1) is 13.8. The van der Waals surface area contributed by atoms with E-state index in [2.05, 4.69) is 23.5 Å². The van der Waals surface area contributed by atoms with E-state index in [9.17, 15) is 4.79 Å². The predicted octanol–water partition coefficient (Wildman–Crippen LogP) is 2.64. The number of aryl methyl sites for hydroxylation is 1. The molecule has 1 heterocycles. The number of aromatic carboxylic acids is 1. The van der Waals surface area contributed by atoms with Crippen LogP contribution < -0.4 is 5.32 Å². The van der Waals surface area contributed by atoms with Crippen molar-refractivity contribution in [2.75, 3.05) is 17.3 Å². The topological polar surface area (TPSA) is 62.2 Å². The van der Waals surface area contributed by atoms with Gasteiger partial charge in [-0.1, -0.05) is 6.92 Å². The number of carboxylic acids is 1. The summed E-state index contributed by atoms with van der Waals surface area (Å²) in [6, 6.07) is 3.47. The molecule has 1 aromatic heterocycles. The third kappa shape index (κ3) is 4.26. The number of nitrogens with zero attached hydrogens (tertiary/aromatic N) is 1. The van der Waals surface area contributed by atoms with Gasteiger partial charge in [-0.05, 0) is 31.7 Å². The van der Waals surface area contributed by atoms with E-state index in [4.69, 9.17) is 5.11 Å². The van der Waals surface area contributed by atoms with Crippen LogP contribution in [0.25, 0.3) is 0 Å². The zero-order chi connectivity index (χ0) is 12.8. The molecule has 1 unspecified atom stereocenters. The van der Waals surface area contributed by atoms with E-state index in [1.54, 1.807) is 30.8 Å². The Morgan fingerprint density at radius 2 is 2.29 bits per heavy atom. The number of aromatic nitrogens is 1. The van der Waals surface area contributed by atoms with Gasteiger partial charge in [-0.3, -0.25) is 0 Å². The van der Waals surface area contributed by atoms with Crippen LogP contribution in [0, 0.1) is 6.92 Å². The number of pyridine rings is 1. The van der Waals surface area contributed by atoms with Crippen molar-refractivity contribution in [3.05, 3.63) is 23.4 Å². The molecule has 0 radical (unpaired) electrons. The lowest BCUT2D eigenvalue weighted by Crippen LogP contribution is -2.22. The first-order chi connectivity index (χ1) is 8.06. The van der Waals surface area contributed by atoms with Gasteiger partial charge in [0.25, 0.3) is 0 Å². The van der Waals surface area contributed by atoms with Crippen molar-refractivity contribution >= 4 is 23.5 Å². The molecule has 5 heteroatoms. The first-order valence-corrected chi connectivity index (χ1v) is 6.93. The third-order valence-electron chi connectivity index (χ3n) is 2.41. The number of thioether (sulfide) groups is 1. The largest absolute Gasteiger partial charge is 0.478 e. The van der Waals surface area contributed by atoms with E-state index in [1.807, 2.05) is 0 Å². The van der Waals surface area contributed by atoms with Crippen LogP contribution in [-0.4, -0.2) is 34.1 Å². The third-order valence-corrected chi connectivity index (χ3v) is 3.15. The molecule has 4 nitrogen and oxygen atoms in total. The first-order valence-electron chi connectivity index (χ1n) is 5.54. The van der Waals surface area contributed by atoms with E-state index in [0.29, 0.717) is 17.6 Å². The molecule has 1 rings (SSSR count). The summed E-state index contributed by atoms with van der Waals surface area (Å²) in [7, 11) is 0. The molecule has 0 saturated heterocycles. The van der Waals surface area contributed by atoms with Crippen LogP contribution in [0.4, 0.5) is 5.82 Å². The number of hydrogen-bond acceptors (Lipinski definition) is 4. The predicted molar refractivity (Wildman–Crippen MR) is 72.0 cm³/mol. The lowest BCUT2D eigenvalue weighted by Gasteiger charge is -2.17. The minimum absolute atomic E-state index is 0.277. The van der Waals surface area contributed by atoms with Gasteiger partial charge in [0.15, 0.2) is 0 Å². The summed E-state index contributed by atoms with van der Waals surface area (Å²) in [6.45, 7) is 3.90. The molecule has 0 aliphatic rings. The summed E-state index contributed by atoms with van der Waals surface area (Å²) >= 11 is 1.76. The minimum Gasteiger partial charge on any atom is -0.478 e. The fourth-order valence-electron chi connectivity index (χ4n) is 1.54. The minimum atomic E-state index is -0.920. The summed E-state index contributed by atoms with van der Waals surface area (Å²) in [6.07, 6.45) is 3.04. The molecule has 17 heavy (non-hydrogen) atoms. The second-order valence-electron chi connectivity index (χ2n) is 3.89. The van der Waals surface area contributed by atoms with Crippen molar-refractivity contribution in [3.8, 4) is 0 Å². The molecular weight excluding hydrogens is 236 g/mol. The van der Waals surface area contributed by atoms with Gasteiger partial charge in [0.05, 0.1) is 5.56 Å². The van der Waals surface area contributed by atoms with Gasteiger partial charge >= 0.3 is 5.97 Å². The van der Waals surface area contributed by atoms with Gasteiger partial charge in [-0.15, -0.1) is 0 Å². The highest BCUT2D eigenvalue weighted by molar-refractivity contribution is 7.98. The maximum atomic E-state index is 10.9. The van der Waals surface area contributed by atoms with Gasteiger partial charge in [-0.2, -0.15) is 11.8 Å². The van der Waals surface area contributed by atoms with E-state index in [0.717, 1.165) is 12.2 Å². The van der Waals surface area contributed by atoms with Gasteiger partial charge in [-0.25, -0.2) is 9.78 Å². The molecule has 0 bridgehead atoms. The van der Waals surface area contributed by atoms with E-state index in [-0.39, 0.29) is 5.56 Å². The van der Waals surface area contributed by atoms with Gasteiger partial charge in [0, 0.05) is 17.5 Å². The summed E-state index contributed by atoms with van der Waals surface area (Å²) in [5.41, 5.74) is 0.991. The molecule has 0 aromatic carbocycles. The van der Waals surface area contributed by atoms with Gasteiger partial charge < -0.3 is 10.4 Å². The molecule has 94 valence electrons. The molecule has 1 aromatic rings. The second kappa shape index (κ2) is 6.49. The molecular formula is C12H18N2O2S. The average Bonchev–Trinajstić information content (AvgIpc) is 2.27. The molecule has 0 aliphatic heterocycles. The monoisotopic (exact) mass is 254 g/mol. The zero-order valence-electron chi connectivity index (χ0n) is 10.4. The van der Waals surface area contributed by atoms with Crippen LogP contribution in [-0.2, 0) is 0 Å². The van der Waals surface area contributed by atoms with Crippen LogP contribution in [0.5, 0.6) is 0 Å². The maximum Gasteiger partial charge on any atom is 0.335 e. The molecule has 0 amide bonds. The number of hydrogen-bond donors (Lipinski definition) is 2. The Hall–Kier alpha value is -1.23. The SMILES string of the molecule is CCC(CSC)Nc1cc(C(=O)O)cc(C)n1. The van der Waals surface area contributed by atoms with Crippen molar-refractivity contribution in [1.82, 2.24) is 4.98 Å². The number of carbonyl (C=O) groups is 1. The average molecular weight is 254 g/mol. The Morgan fingerprint density at radius 3 is 2.82 bits per heavy atom. The van der Waals surface area contributed by atoms with Crippen LogP contribution in [0.3, 0.4) is 0 Å². The Bertz CT molecular complexity index is 396. The lowest BCUT2D eigenvalue weighted by molar-refractivity contribution is 0.0696. The number of nitrogens with one attached hydrogen (secondary N) is 1. The smallest absolute Gasteiger partial charge is 0.335 e. The molecule has 1 atom stereocenters. The number of rotatable bonds is 6. The molecule has 2 N–H and O–H groups in total. The van der Waals surface area contributed by atoms with E-state index in [1.165, 1.54) is 0 Å².